The molecule has 0 fully saturated rings. The van der Waals surface area contributed by atoms with Crippen molar-refractivity contribution < 1.29 is 5.11 Å². The second-order valence-electron chi connectivity index (χ2n) is 5.39. The quantitative estimate of drug-likeness (QED) is 0.776. The molecule has 1 unspecified atom stereocenters. The fourth-order valence-corrected chi connectivity index (χ4v) is 1.91. The van der Waals surface area contributed by atoms with Gasteiger partial charge >= 0.3 is 0 Å². The van der Waals surface area contributed by atoms with Crippen molar-refractivity contribution in [1.82, 2.24) is 15.2 Å². The van der Waals surface area contributed by atoms with Crippen LogP contribution >= 0.6 is 0 Å². The van der Waals surface area contributed by atoms with Crippen LogP contribution in [0.2, 0.25) is 0 Å². The number of nitrogens with one attached hydrogen (secondary N) is 1. The van der Waals surface area contributed by atoms with Gasteiger partial charge in [-0.15, -0.1) is 0 Å². The number of likely N-dealkylation sites (N-methyl/N-ethyl adjacent to an activating group) is 1. The van der Waals surface area contributed by atoms with Gasteiger partial charge in [0.05, 0.1) is 11.9 Å². The van der Waals surface area contributed by atoms with Gasteiger partial charge in [0.1, 0.15) is 5.75 Å². The standard InChI is InChI=1S/C14H25N3O/c1-11(2)7-13(17(3)4)9-15-8-12-5-6-14(18)10-16-12/h5-6,10-11,13,15,18H,7-9H2,1-4H3. The summed E-state index contributed by atoms with van der Waals surface area (Å²) in [5, 5.41) is 12.6. The number of rotatable bonds is 7. The molecule has 1 atom stereocenters. The van der Waals surface area contributed by atoms with Crippen LogP contribution in [0.5, 0.6) is 5.75 Å². The molecular weight excluding hydrogens is 226 g/mol. The summed E-state index contributed by atoms with van der Waals surface area (Å²) >= 11 is 0. The Morgan fingerprint density at radius 2 is 2.06 bits per heavy atom. The van der Waals surface area contributed by atoms with Gasteiger partial charge < -0.3 is 15.3 Å². The molecule has 0 aliphatic heterocycles. The van der Waals surface area contributed by atoms with Crippen molar-refractivity contribution >= 4 is 0 Å². The Kier molecular flexibility index (Phi) is 6.09. The summed E-state index contributed by atoms with van der Waals surface area (Å²) in [5.41, 5.74) is 0.954. The summed E-state index contributed by atoms with van der Waals surface area (Å²) in [6, 6.07) is 4.05. The number of aromatic hydroxyl groups is 1. The summed E-state index contributed by atoms with van der Waals surface area (Å²) in [5.74, 6) is 0.913. The van der Waals surface area contributed by atoms with E-state index >= 15 is 0 Å². The highest BCUT2D eigenvalue weighted by Crippen LogP contribution is 2.09. The number of hydrogen-bond acceptors (Lipinski definition) is 4. The Labute approximate surface area is 110 Å². The lowest BCUT2D eigenvalue weighted by Gasteiger charge is -2.26. The van der Waals surface area contributed by atoms with E-state index in [0.29, 0.717) is 12.0 Å². The predicted molar refractivity (Wildman–Crippen MR) is 74.5 cm³/mol. The Hall–Kier alpha value is -1.13. The average molecular weight is 251 g/mol. The molecule has 4 nitrogen and oxygen atoms in total. The lowest BCUT2D eigenvalue weighted by molar-refractivity contribution is 0.246. The van der Waals surface area contributed by atoms with Crippen molar-refractivity contribution in [1.29, 1.82) is 0 Å². The van der Waals surface area contributed by atoms with Crippen LogP contribution in [0.4, 0.5) is 0 Å². The van der Waals surface area contributed by atoms with Gasteiger partial charge in [-0.1, -0.05) is 13.8 Å². The molecule has 1 aromatic heterocycles. The van der Waals surface area contributed by atoms with Gasteiger partial charge in [0.2, 0.25) is 0 Å². The Balaban J connectivity index is 2.36. The number of aromatic nitrogens is 1. The lowest BCUT2D eigenvalue weighted by Crippen LogP contribution is -2.38. The van der Waals surface area contributed by atoms with Crippen LogP contribution in [0.25, 0.3) is 0 Å². The highest BCUT2D eigenvalue weighted by Gasteiger charge is 2.12. The Morgan fingerprint density at radius 3 is 2.56 bits per heavy atom. The summed E-state index contributed by atoms with van der Waals surface area (Å²) in [4.78, 5) is 6.42. The zero-order valence-corrected chi connectivity index (χ0v) is 11.8. The zero-order chi connectivity index (χ0) is 13.5. The lowest BCUT2D eigenvalue weighted by atomic mass is 10.0. The number of pyridine rings is 1. The third kappa shape index (κ3) is 5.47. The van der Waals surface area contributed by atoms with E-state index in [1.54, 1.807) is 6.07 Å². The highest BCUT2D eigenvalue weighted by atomic mass is 16.3. The summed E-state index contributed by atoms with van der Waals surface area (Å²) in [7, 11) is 4.24. The third-order valence-corrected chi connectivity index (χ3v) is 2.97. The maximum Gasteiger partial charge on any atom is 0.133 e. The van der Waals surface area contributed by atoms with E-state index < -0.39 is 0 Å². The van der Waals surface area contributed by atoms with E-state index in [2.05, 4.69) is 43.1 Å². The molecule has 4 heteroatoms. The van der Waals surface area contributed by atoms with Crippen molar-refractivity contribution in [2.45, 2.75) is 32.9 Å². The van der Waals surface area contributed by atoms with Crippen molar-refractivity contribution in [3.8, 4) is 5.75 Å². The molecule has 0 amide bonds. The molecule has 0 spiro atoms. The molecule has 0 radical (unpaired) electrons. The monoisotopic (exact) mass is 251 g/mol. The van der Waals surface area contributed by atoms with Gasteiger partial charge in [-0.2, -0.15) is 0 Å². The van der Waals surface area contributed by atoms with Gasteiger partial charge in [-0.3, -0.25) is 4.98 Å². The molecule has 1 heterocycles. The fraction of sp³-hybridized carbons (Fsp3) is 0.643. The molecule has 0 bridgehead atoms. The topological polar surface area (TPSA) is 48.4 Å². The number of nitrogens with zero attached hydrogens (tertiary/aromatic N) is 2. The van der Waals surface area contributed by atoms with Gasteiger partial charge in [0, 0.05) is 19.1 Å². The first-order valence-corrected chi connectivity index (χ1v) is 6.50. The third-order valence-electron chi connectivity index (χ3n) is 2.97. The zero-order valence-electron chi connectivity index (χ0n) is 11.8. The first-order valence-electron chi connectivity index (χ1n) is 6.50. The first-order chi connectivity index (χ1) is 8.49. The van der Waals surface area contributed by atoms with Crippen molar-refractivity contribution in [2.24, 2.45) is 5.92 Å². The van der Waals surface area contributed by atoms with E-state index in [1.165, 1.54) is 12.6 Å². The van der Waals surface area contributed by atoms with Crippen molar-refractivity contribution in [2.75, 3.05) is 20.6 Å². The predicted octanol–water partition coefficient (Wildman–Crippen LogP) is 1.85. The first kappa shape index (κ1) is 14.9. The summed E-state index contributed by atoms with van der Waals surface area (Å²) in [6.07, 6.45) is 2.66. The molecule has 0 aromatic carbocycles. The fourth-order valence-electron chi connectivity index (χ4n) is 1.91. The van der Waals surface area contributed by atoms with Crippen LogP contribution in [-0.2, 0) is 6.54 Å². The minimum Gasteiger partial charge on any atom is -0.506 e. The molecular formula is C14H25N3O. The normalized spacial score (nSPS) is 13.2. The molecule has 0 saturated carbocycles. The largest absolute Gasteiger partial charge is 0.506 e. The second-order valence-corrected chi connectivity index (χ2v) is 5.39. The van der Waals surface area contributed by atoms with Crippen molar-refractivity contribution in [3.05, 3.63) is 24.0 Å². The summed E-state index contributed by atoms with van der Waals surface area (Å²) in [6.45, 7) is 6.19. The molecule has 18 heavy (non-hydrogen) atoms. The number of hydrogen-bond donors (Lipinski definition) is 2. The van der Waals surface area contributed by atoms with E-state index in [1.807, 2.05) is 6.07 Å². The Morgan fingerprint density at radius 1 is 1.33 bits per heavy atom. The molecule has 102 valence electrons. The highest BCUT2D eigenvalue weighted by molar-refractivity contribution is 5.17. The summed E-state index contributed by atoms with van der Waals surface area (Å²) < 4.78 is 0. The molecule has 1 rings (SSSR count). The second kappa shape index (κ2) is 7.34. The molecule has 2 N–H and O–H groups in total. The van der Waals surface area contributed by atoms with Gasteiger partial charge in [0.25, 0.3) is 0 Å². The maximum atomic E-state index is 9.15. The van der Waals surface area contributed by atoms with E-state index in [0.717, 1.165) is 18.8 Å². The van der Waals surface area contributed by atoms with E-state index in [-0.39, 0.29) is 5.75 Å². The minimum atomic E-state index is 0.213. The van der Waals surface area contributed by atoms with E-state index in [9.17, 15) is 0 Å². The van der Waals surface area contributed by atoms with Crippen LogP contribution in [0.15, 0.2) is 18.3 Å². The van der Waals surface area contributed by atoms with Gasteiger partial charge in [0.15, 0.2) is 0 Å². The van der Waals surface area contributed by atoms with Crippen LogP contribution in [-0.4, -0.2) is 41.7 Å². The molecule has 0 aliphatic carbocycles. The van der Waals surface area contributed by atoms with Gasteiger partial charge in [-0.25, -0.2) is 0 Å². The van der Waals surface area contributed by atoms with Crippen LogP contribution in [0.1, 0.15) is 26.0 Å². The molecule has 1 aromatic rings. The average Bonchev–Trinajstić information content (AvgIpc) is 2.29. The minimum absolute atomic E-state index is 0.213. The van der Waals surface area contributed by atoms with Crippen molar-refractivity contribution in [3.63, 3.8) is 0 Å². The molecule has 0 aliphatic rings. The SMILES string of the molecule is CC(C)CC(CNCc1ccc(O)cn1)N(C)C. The molecule has 0 saturated heterocycles. The van der Waals surface area contributed by atoms with Gasteiger partial charge in [-0.05, 0) is 38.6 Å². The van der Waals surface area contributed by atoms with Crippen LogP contribution < -0.4 is 5.32 Å². The maximum absolute atomic E-state index is 9.15. The van der Waals surface area contributed by atoms with Crippen LogP contribution in [0.3, 0.4) is 0 Å². The van der Waals surface area contributed by atoms with E-state index in [4.69, 9.17) is 5.11 Å². The van der Waals surface area contributed by atoms with Crippen LogP contribution in [0, 0.1) is 5.92 Å². The Bertz CT molecular complexity index is 335. The smallest absolute Gasteiger partial charge is 0.133 e.